The second-order valence-corrected chi connectivity index (χ2v) is 9.70. The van der Waals surface area contributed by atoms with E-state index in [2.05, 4.69) is 0 Å². The van der Waals surface area contributed by atoms with E-state index in [0.717, 1.165) is 25.7 Å². The van der Waals surface area contributed by atoms with Gasteiger partial charge in [-0.15, -0.1) is 0 Å². The van der Waals surface area contributed by atoms with Gasteiger partial charge in [0.2, 0.25) is 0 Å². The van der Waals surface area contributed by atoms with Crippen LogP contribution in [0, 0.1) is 0 Å². The molecule has 25 heavy (non-hydrogen) atoms. The smallest absolute Gasteiger partial charge is 0.261 e. The topological polar surface area (TPSA) is 63.7 Å². The molecule has 1 aromatic rings. The molecule has 1 aromatic carbocycles. The van der Waals surface area contributed by atoms with E-state index in [0.29, 0.717) is 22.2 Å². The summed E-state index contributed by atoms with van der Waals surface area (Å²) in [4.78, 5) is 14.6. The van der Waals surface area contributed by atoms with E-state index in [1.54, 1.807) is 23.1 Å². The fourth-order valence-electron chi connectivity index (χ4n) is 3.67. The Morgan fingerprint density at radius 1 is 1.12 bits per heavy atom. The second-order valence-electron chi connectivity index (χ2n) is 6.66. The lowest BCUT2D eigenvalue weighted by Crippen LogP contribution is -2.48. The molecule has 1 amide bonds. The number of benzene rings is 1. The second kappa shape index (κ2) is 7.72. The van der Waals surface area contributed by atoms with Crippen LogP contribution in [0.15, 0.2) is 18.2 Å². The SMILES string of the molecule is O=C(COc1ccc(Cl)c(Cl)c1)N(C1CCCC1)[C@H]1CCS(=O)(=O)C1. The first kappa shape index (κ1) is 18.8. The summed E-state index contributed by atoms with van der Waals surface area (Å²) >= 11 is 11.8. The monoisotopic (exact) mass is 405 g/mol. The molecule has 8 heteroatoms. The molecule has 1 heterocycles. The zero-order valence-corrected chi connectivity index (χ0v) is 16.1. The molecule has 5 nitrogen and oxygen atoms in total. The number of amides is 1. The average Bonchev–Trinajstić information content (AvgIpc) is 3.19. The third kappa shape index (κ3) is 4.60. The van der Waals surface area contributed by atoms with Gasteiger partial charge in [-0.05, 0) is 31.4 Å². The molecule has 138 valence electrons. The molecule has 1 saturated carbocycles. The molecule has 0 aromatic heterocycles. The van der Waals surface area contributed by atoms with E-state index in [1.807, 2.05) is 0 Å². The Bertz CT molecular complexity index is 747. The Labute approximate surface area is 158 Å². The van der Waals surface area contributed by atoms with Gasteiger partial charge in [0, 0.05) is 18.2 Å². The Hall–Kier alpha value is -0.980. The number of carbonyl (C=O) groups is 1. The van der Waals surface area contributed by atoms with Gasteiger partial charge >= 0.3 is 0 Å². The third-order valence-corrected chi connectivity index (χ3v) is 7.35. The number of ether oxygens (including phenoxy) is 1. The Morgan fingerprint density at radius 2 is 1.84 bits per heavy atom. The van der Waals surface area contributed by atoms with Crippen molar-refractivity contribution in [2.24, 2.45) is 0 Å². The first-order valence-electron chi connectivity index (χ1n) is 8.45. The molecule has 1 aliphatic heterocycles. The van der Waals surface area contributed by atoms with Crippen molar-refractivity contribution in [2.75, 3.05) is 18.1 Å². The fraction of sp³-hybridized carbons (Fsp3) is 0.588. The van der Waals surface area contributed by atoms with E-state index >= 15 is 0 Å². The van der Waals surface area contributed by atoms with Gasteiger partial charge in [-0.1, -0.05) is 36.0 Å². The number of carbonyl (C=O) groups excluding carboxylic acids is 1. The first-order chi connectivity index (χ1) is 11.9. The van der Waals surface area contributed by atoms with Gasteiger partial charge in [0.1, 0.15) is 5.75 Å². The summed E-state index contributed by atoms with van der Waals surface area (Å²) < 4.78 is 29.2. The molecule has 1 aliphatic carbocycles. The van der Waals surface area contributed by atoms with Crippen molar-refractivity contribution in [3.8, 4) is 5.75 Å². The molecule has 0 N–H and O–H groups in total. The lowest BCUT2D eigenvalue weighted by Gasteiger charge is -2.34. The third-order valence-electron chi connectivity index (χ3n) is 4.86. The van der Waals surface area contributed by atoms with Gasteiger partial charge in [0.15, 0.2) is 16.4 Å². The highest BCUT2D eigenvalue weighted by Crippen LogP contribution is 2.30. The normalized spacial score (nSPS) is 22.9. The van der Waals surface area contributed by atoms with Gasteiger partial charge in [-0.25, -0.2) is 8.42 Å². The van der Waals surface area contributed by atoms with Crippen LogP contribution in [0.4, 0.5) is 0 Å². The summed E-state index contributed by atoms with van der Waals surface area (Å²) in [6.45, 7) is -0.134. The lowest BCUT2D eigenvalue weighted by molar-refractivity contribution is -0.137. The highest BCUT2D eigenvalue weighted by molar-refractivity contribution is 7.91. The van der Waals surface area contributed by atoms with Crippen molar-refractivity contribution in [1.29, 1.82) is 0 Å². The summed E-state index contributed by atoms with van der Waals surface area (Å²) in [6.07, 6.45) is 4.50. The van der Waals surface area contributed by atoms with E-state index in [4.69, 9.17) is 27.9 Å². The number of sulfone groups is 1. The zero-order valence-electron chi connectivity index (χ0n) is 13.8. The maximum atomic E-state index is 12.8. The lowest BCUT2D eigenvalue weighted by atomic mass is 10.1. The maximum Gasteiger partial charge on any atom is 0.261 e. The van der Waals surface area contributed by atoms with Crippen LogP contribution >= 0.6 is 23.2 Å². The van der Waals surface area contributed by atoms with Crippen molar-refractivity contribution in [3.63, 3.8) is 0 Å². The first-order valence-corrected chi connectivity index (χ1v) is 11.0. The zero-order chi connectivity index (χ0) is 18.0. The van der Waals surface area contributed by atoms with Crippen molar-refractivity contribution in [1.82, 2.24) is 4.90 Å². The van der Waals surface area contributed by atoms with Crippen LogP contribution in [-0.2, 0) is 14.6 Å². The van der Waals surface area contributed by atoms with Crippen molar-refractivity contribution in [3.05, 3.63) is 28.2 Å². The standard InChI is InChI=1S/C17H21Cl2NO4S/c18-15-6-5-14(9-16(15)19)24-10-17(21)20(12-3-1-2-4-12)13-7-8-25(22,23)11-13/h5-6,9,12-13H,1-4,7-8,10-11H2/t13-/m0/s1. The molecule has 3 rings (SSSR count). The van der Waals surface area contributed by atoms with Crippen molar-refractivity contribution >= 4 is 38.9 Å². The largest absolute Gasteiger partial charge is 0.484 e. The van der Waals surface area contributed by atoms with Crippen LogP contribution in [0.1, 0.15) is 32.1 Å². The molecular formula is C17H21Cl2NO4S. The van der Waals surface area contributed by atoms with E-state index in [9.17, 15) is 13.2 Å². The van der Waals surface area contributed by atoms with Gasteiger partial charge in [0.25, 0.3) is 5.91 Å². The van der Waals surface area contributed by atoms with Gasteiger partial charge in [-0.3, -0.25) is 4.79 Å². The van der Waals surface area contributed by atoms with Crippen LogP contribution in [0.5, 0.6) is 5.75 Å². The minimum absolute atomic E-state index is 0.0576. The fourth-order valence-corrected chi connectivity index (χ4v) is 5.67. The molecule has 0 bridgehead atoms. The number of rotatable bonds is 5. The van der Waals surface area contributed by atoms with E-state index in [-0.39, 0.29) is 36.1 Å². The quantitative estimate of drug-likeness (QED) is 0.753. The Morgan fingerprint density at radius 3 is 2.44 bits per heavy atom. The summed E-state index contributed by atoms with van der Waals surface area (Å²) in [7, 11) is -3.05. The number of nitrogens with zero attached hydrogens (tertiary/aromatic N) is 1. The maximum absolute atomic E-state index is 12.8. The van der Waals surface area contributed by atoms with Crippen LogP contribution in [-0.4, -0.2) is 49.4 Å². The Balaban J connectivity index is 1.69. The van der Waals surface area contributed by atoms with Crippen LogP contribution in [0.2, 0.25) is 10.0 Å². The molecule has 1 atom stereocenters. The molecule has 0 unspecified atom stereocenters. The van der Waals surface area contributed by atoms with E-state index < -0.39 is 9.84 Å². The summed E-state index contributed by atoms with van der Waals surface area (Å²) in [5.41, 5.74) is 0. The minimum atomic E-state index is -3.05. The summed E-state index contributed by atoms with van der Waals surface area (Å²) in [5.74, 6) is 0.511. The summed E-state index contributed by atoms with van der Waals surface area (Å²) in [6, 6.07) is 4.71. The number of hydrogen-bond acceptors (Lipinski definition) is 4. The van der Waals surface area contributed by atoms with Gasteiger partial charge in [0.05, 0.1) is 21.6 Å². The van der Waals surface area contributed by atoms with Crippen LogP contribution in [0.3, 0.4) is 0 Å². The van der Waals surface area contributed by atoms with Crippen LogP contribution in [0.25, 0.3) is 0 Å². The average molecular weight is 406 g/mol. The number of hydrogen-bond donors (Lipinski definition) is 0. The Kier molecular flexibility index (Phi) is 5.81. The molecule has 1 saturated heterocycles. The molecule has 2 aliphatic rings. The van der Waals surface area contributed by atoms with Crippen molar-refractivity contribution in [2.45, 2.75) is 44.2 Å². The molecule has 0 spiro atoms. The van der Waals surface area contributed by atoms with Crippen LogP contribution < -0.4 is 4.74 Å². The van der Waals surface area contributed by atoms with Crippen molar-refractivity contribution < 1.29 is 17.9 Å². The molecule has 0 radical (unpaired) electrons. The van der Waals surface area contributed by atoms with Gasteiger partial charge in [-0.2, -0.15) is 0 Å². The molecular weight excluding hydrogens is 385 g/mol. The van der Waals surface area contributed by atoms with E-state index in [1.165, 1.54) is 0 Å². The highest BCUT2D eigenvalue weighted by atomic mass is 35.5. The van der Waals surface area contributed by atoms with Gasteiger partial charge < -0.3 is 9.64 Å². The number of halogens is 2. The predicted octanol–water partition coefficient (Wildman–Crippen LogP) is 3.33. The highest BCUT2D eigenvalue weighted by Gasteiger charge is 2.39. The predicted molar refractivity (Wildman–Crippen MR) is 98.1 cm³/mol. The summed E-state index contributed by atoms with van der Waals surface area (Å²) in [5, 5.41) is 0.783. The minimum Gasteiger partial charge on any atom is -0.484 e. The molecule has 2 fully saturated rings.